The van der Waals surface area contributed by atoms with Crippen LogP contribution < -0.4 is 10.6 Å². The molecule has 2 aromatic rings. The molecule has 0 aromatic carbocycles. The van der Waals surface area contributed by atoms with E-state index in [1.54, 1.807) is 6.07 Å². The van der Waals surface area contributed by atoms with Gasteiger partial charge in [-0.05, 0) is 30.7 Å². The minimum absolute atomic E-state index is 0.00804. The number of halogens is 3. The molecule has 1 aliphatic rings. The second-order valence-corrected chi connectivity index (χ2v) is 8.24. The molecule has 2 aromatic heterocycles. The first-order valence-electron chi connectivity index (χ1n) is 9.69. The lowest BCUT2D eigenvalue weighted by molar-refractivity contribution is -0.138. The van der Waals surface area contributed by atoms with E-state index in [1.165, 1.54) is 12.4 Å². The summed E-state index contributed by atoms with van der Waals surface area (Å²) in [6.45, 7) is 3.90. The Morgan fingerprint density at radius 3 is 2.73 bits per heavy atom. The zero-order valence-electron chi connectivity index (χ0n) is 16.8. The van der Waals surface area contributed by atoms with Gasteiger partial charge in [-0.3, -0.25) is 4.98 Å². The topological polar surface area (TPSA) is 93.9 Å². The van der Waals surface area contributed by atoms with Crippen molar-refractivity contribution in [3.8, 4) is 6.07 Å². The van der Waals surface area contributed by atoms with Gasteiger partial charge in [0.1, 0.15) is 11.9 Å². The van der Waals surface area contributed by atoms with Crippen molar-refractivity contribution in [1.29, 1.82) is 5.26 Å². The number of hydrogen-bond acceptors (Lipinski definition) is 6. The monoisotopic (exact) mass is 419 g/mol. The molecule has 0 radical (unpaired) electrons. The molecule has 0 bridgehead atoms. The lowest BCUT2D eigenvalue weighted by Gasteiger charge is -2.40. The number of hydrogen-bond donors (Lipinski definition) is 3. The smallest absolute Gasteiger partial charge is 0.393 e. The number of aliphatic hydroxyl groups excluding tert-OH is 1. The summed E-state index contributed by atoms with van der Waals surface area (Å²) in [5.74, 6) is 0.351. The third-order valence-electron chi connectivity index (χ3n) is 5.52. The number of pyridine rings is 2. The third-order valence-corrected chi connectivity index (χ3v) is 5.52. The number of nitrogens with zero attached hydrogens (tertiary/aromatic N) is 3. The van der Waals surface area contributed by atoms with E-state index in [0.29, 0.717) is 23.5 Å². The van der Waals surface area contributed by atoms with E-state index in [4.69, 9.17) is 0 Å². The highest BCUT2D eigenvalue weighted by Crippen LogP contribution is 2.37. The summed E-state index contributed by atoms with van der Waals surface area (Å²) in [6, 6.07) is 4.72. The van der Waals surface area contributed by atoms with E-state index in [0.717, 1.165) is 25.1 Å². The Bertz CT molecular complexity index is 939. The van der Waals surface area contributed by atoms with Crippen LogP contribution in [-0.2, 0) is 12.7 Å². The molecule has 0 saturated heterocycles. The molecule has 2 heterocycles. The Balaban J connectivity index is 1.75. The van der Waals surface area contributed by atoms with E-state index in [-0.39, 0.29) is 29.7 Å². The van der Waals surface area contributed by atoms with Crippen molar-refractivity contribution in [2.24, 2.45) is 5.41 Å². The number of nitrogens with one attached hydrogen (secondary N) is 2. The van der Waals surface area contributed by atoms with Crippen molar-refractivity contribution in [2.45, 2.75) is 58.0 Å². The number of rotatable bonds is 5. The molecule has 1 aliphatic carbocycles. The van der Waals surface area contributed by atoms with Gasteiger partial charge in [-0.25, -0.2) is 4.98 Å². The molecule has 0 aliphatic heterocycles. The summed E-state index contributed by atoms with van der Waals surface area (Å²) in [6.07, 6.45) is 0.974. The van der Waals surface area contributed by atoms with Crippen LogP contribution in [0.25, 0.3) is 0 Å². The zero-order chi connectivity index (χ0) is 21.9. The number of aromatic nitrogens is 2. The number of aliphatic hydroxyl groups is 1. The fourth-order valence-electron chi connectivity index (χ4n) is 3.76. The largest absolute Gasteiger partial charge is 0.416 e. The maximum Gasteiger partial charge on any atom is 0.416 e. The Labute approximate surface area is 173 Å². The first-order valence-corrected chi connectivity index (χ1v) is 9.69. The standard InChI is InChI=1S/C21H24F3N5O/c1-20(2)8-15(3-4-18(20)30)29-17-7-19(27-11-13(17)9-25)28-12-14-10-26-6-5-16(14)21(22,23)24/h5-7,10-11,15,18,30H,3-4,8,12H2,1-2H3,(H2,27,28,29)/t15-,18+/m0/s1. The molecule has 0 spiro atoms. The van der Waals surface area contributed by atoms with Gasteiger partial charge in [-0.1, -0.05) is 13.8 Å². The van der Waals surface area contributed by atoms with E-state index < -0.39 is 11.7 Å². The minimum Gasteiger partial charge on any atom is -0.393 e. The van der Waals surface area contributed by atoms with Crippen LogP contribution in [0.5, 0.6) is 0 Å². The van der Waals surface area contributed by atoms with Gasteiger partial charge in [0.25, 0.3) is 0 Å². The van der Waals surface area contributed by atoms with Crippen molar-refractivity contribution >= 4 is 11.5 Å². The normalized spacial score (nSPS) is 21.0. The number of anilines is 2. The van der Waals surface area contributed by atoms with Crippen LogP contribution in [0.1, 0.15) is 49.8 Å². The van der Waals surface area contributed by atoms with Crippen LogP contribution in [0.15, 0.2) is 30.7 Å². The highest BCUT2D eigenvalue weighted by Gasteiger charge is 2.36. The highest BCUT2D eigenvalue weighted by atomic mass is 19.4. The van der Waals surface area contributed by atoms with Crippen molar-refractivity contribution in [3.05, 3.63) is 47.4 Å². The zero-order valence-corrected chi connectivity index (χ0v) is 16.8. The molecule has 2 atom stereocenters. The first kappa shape index (κ1) is 21.8. The Morgan fingerprint density at radius 2 is 2.07 bits per heavy atom. The van der Waals surface area contributed by atoms with Crippen LogP contribution in [0.4, 0.5) is 24.7 Å². The lowest BCUT2D eigenvalue weighted by Crippen LogP contribution is -2.41. The molecule has 1 fully saturated rings. The third kappa shape index (κ3) is 5.00. The van der Waals surface area contributed by atoms with Crippen molar-refractivity contribution < 1.29 is 18.3 Å². The van der Waals surface area contributed by atoms with Crippen molar-refractivity contribution in [1.82, 2.24) is 9.97 Å². The van der Waals surface area contributed by atoms with E-state index in [1.807, 2.05) is 13.8 Å². The van der Waals surface area contributed by atoms with Crippen molar-refractivity contribution in [2.75, 3.05) is 10.6 Å². The van der Waals surface area contributed by atoms with Crippen LogP contribution in [-0.4, -0.2) is 27.2 Å². The highest BCUT2D eigenvalue weighted by molar-refractivity contribution is 5.62. The Kier molecular flexibility index (Phi) is 6.17. The second kappa shape index (κ2) is 8.48. The van der Waals surface area contributed by atoms with E-state index >= 15 is 0 Å². The maximum absolute atomic E-state index is 13.2. The summed E-state index contributed by atoms with van der Waals surface area (Å²) in [5.41, 5.74) is -0.0737. The molecular weight excluding hydrogens is 395 g/mol. The van der Waals surface area contributed by atoms with Crippen LogP contribution in [0, 0.1) is 16.7 Å². The van der Waals surface area contributed by atoms with Gasteiger partial charge in [0.15, 0.2) is 0 Å². The minimum atomic E-state index is -4.47. The molecule has 1 saturated carbocycles. The molecule has 0 amide bonds. The fraction of sp³-hybridized carbons (Fsp3) is 0.476. The van der Waals surface area contributed by atoms with Gasteiger partial charge in [0.05, 0.1) is 22.9 Å². The van der Waals surface area contributed by atoms with Crippen LogP contribution in [0.2, 0.25) is 0 Å². The van der Waals surface area contributed by atoms with Crippen molar-refractivity contribution in [3.63, 3.8) is 0 Å². The van der Waals surface area contributed by atoms with E-state index in [2.05, 4.69) is 26.7 Å². The number of nitriles is 1. The maximum atomic E-state index is 13.2. The SMILES string of the molecule is CC1(C)C[C@@H](Nc2cc(NCc3cnccc3C(F)(F)F)ncc2C#N)CC[C@H]1O. The summed E-state index contributed by atoms with van der Waals surface area (Å²) < 4.78 is 39.5. The Morgan fingerprint density at radius 1 is 1.30 bits per heavy atom. The van der Waals surface area contributed by atoms with Gasteiger partial charge in [0.2, 0.25) is 0 Å². The molecule has 6 nitrogen and oxygen atoms in total. The number of alkyl halides is 3. The summed E-state index contributed by atoms with van der Waals surface area (Å²) in [7, 11) is 0. The molecule has 9 heteroatoms. The summed E-state index contributed by atoms with van der Waals surface area (Å²) in [4.78, 5) is 7.91. The molecule has 3 rings (SSSR count). The quantitative estimate of drug-likeness (QED) is 0.668. The molecule has 0 unspecified atom stereocenters. The van der Waals surface area contributed by atoms with Crippen LogP contribution >= 0.6 is 0 Å². The van der Waals surface area contributed by atoms with Crippen LogP contribution in [0.3, 0.4) is 0 Å². The molecule has 160 valence electrons. The average molecular weight is 419 g/mol. The van der Waals surface area contributed by atoms with Gasteiger partial charge in [-0.2, -0.15) is 18.4 Å². The lowest BCUT2D eigenvalue weighted by atomic mass is 9.73. The molecular formula is C21H24F3N5O. The second-order valence-electron chi connectivity index (χ2n) is 8.24. The summed E-state index contributed by atoms with van der Waals surface area (Å²) >= 11 is 0. The van der Waals surface area contributed by atoms with Gasteiger partial charge in [0, 0.05) is 42.8 Å². The molecule has 30 heavy (non-hydrogen) atoms. The summed E-state index contributed by atoms with van der Waals surface area (Å²) in [5, 5.41) is 25.8. The van der Waals surface area contributed by atoms with Gasteiger partial charge < -0.3 is 15.7 Å². The Hall–Kier alpha value is -2.86. The first-order chi connectivity index (χ1) is 14.1. The van der Waals surface area contributed by atoms with Gasteiger partial charge >= 0.3 is 6.18 Å². The average Bonchev–Trinajstić information content (AvgIpc) is 2.68. The van der Waals surface area contributed by atoms with Gasteiger partial charge in [-0.15, -0.1) is 0 Å². The predicted octanol–water partition coefficient (Wildman–Crippen LogP) is 4.33. The van der Waals surface area contributed by atoms with E-state index in [9.17, 15) is 23.5 Å². The molecule has 3 N–H and O–H groups in total. The fourth-order valence-corrected chi connectivity index (χ4v) is 3.76. The predicted molar refractivity (Wildman–Crippen MR) is 107 cm³/mol.